The number of ether oxygens (including phenoxy) is 1. The first-order valence-corrected chi connectivity index (χ1v) is 12.0. The minimum absolute atomic E-state index is 0.0922. The number of hydrogen-bond acceptors (Lipinski definition) is 5. The van der Waals surface area contributed by atoms with Crippen LogP contribution in [0.15, 0.2) is 88.8 Å². The lowest BCUT2D eigenvalue weighted by molar-refractivity contribution is -0.139. The molecular weight excluding hydrogens is 460 g/mol. The van der Waals surface area contributed by atoms with E-state index in [4.69, 9.17) is 16.3 Å². The molecule has 0 amide bonds. The highest BCUT2D eigenvalue weighted by molar-refractivity contribution is 7.91. The Bertz CT molecular complexity index is 1410. The molecule has 0 N–H and O–H groups in total. The molecule has 0 aliphatic rings. The van der Waals surface area contributed by atoms with Crippen LogP contribution in [-0.2, 0) is 25.8 Å². The van der Waals surface area contributed by atoms with E-state index >= 15 is 0 Å². The summed E-state index contributed by atoms with van der Waals surface area (Å²) in [5.74, 6) is -0.208. The molecule has 0 aliphatic heterocycles. The number of halogens is 1. The van der Waals surface area contributed by atoms with Crippen LogP contribution in [0.5, 0.6) is 0 Å². The van der Waals surface area contributed by atoms with Crippen molar-refractivity contribution in [2.75, 3.05) is 7.11 Å². The smallest absolute Gasteiger partial charge is 0.311 e. The zero-order valence-electron chi connectivity index (χ0n) is 18.0. The van der Waals surface area contributed by atoms with Crippen LogP contribution in [0.3, 0.4) is 0 Å². The SMILES string of the molecule is COC(=O)Cc1c(S(=O)(=O)c2ccc(C)cc2)nc(-c2ccccc2)n1-c1cccc(Cl)c1. The van der Waals surface area contributed by atoms with Crippen LogP contribution < -0.4 is 0 Å². The second kappa shape index (κ2) is 9.21. The van der Waals surface area contributed by atoms with E-state index in [0.717, 1.165) is 5.56 Å². The fourth-order valence-electron chi connectivity index (χ4n) is 3.52. The number of aromatic nitrogens is 2. The fraction of sp³-hybridized carbons (Fsp3) is 0.120. The maximum Gasteiger partial charge on any atom is 0.311 e. The van der Waals surface area contributed by atoms with Gasteiger partial charge in [0.2, 0.25) is 9.84 Å². The largest absolute Gasteiger partial charge is 0.469 e. The van der Waals surface area contributed by atoms with Crippen molar-refractivity contribution in [2.45, 2.75) is 23.3 Å². The summed E-state index contributed by atoms with van der Waals surface area (Å²) in [6.07, 6.45) is -0.288. The Hall–Kier alpha value is -3.42. The summed E-state index contributed by atoms with van der Waals surface area (Å²) in [4.78, 5) is 17.0. The maximum absolute atomic E-state index is 13.7. The van der Waals surface area contributed by atoms with E-state index in [1.807, 2.05) is 37.3 Å². The van der Waals surface area contributed by atoms with Gasteiger partial charge >= 0.3 is 5.97 Å². The van der Waals surface area contributed by atoms with Crippen LogP contribution in [0.2, 0.25) is 5.02 Å². The quantitative estimate of drug-likeness (QED) is 0.361. The third kappa shape index (κ3) is 4.55. The first kappa shape index (κ1) is 22.8. The molecule has 33 heavy (non-hydrogen) atoms. The number of methoxy groups -OCH3 is 1. The minimum atomic E-state index is -4.04. The minimum Gasteiger partial charge on any atom is -0.469 e. The van der Waals surface area contributed by atoms with Crippen molar-refractivity contribution in [3.8, 4) is 17.1 Å². The molecule has 3 aromatic carbocycles. The number of carbonyl (C=O) groups is 1. The molecular formula is C25H21ClN2O4S. The molecule has 4 rings (SSSR count). The third-order valence-corrected chi connectivity index (χ3v) is 7.12. The number of nitrogens with zero attached hydrogens (tertiary/aromatic N) is 2. The zero-order chi connectivity index (χ0) is 23.6. The zero-order valence-corrected chi connectivity index (χ0v) is 19.6. The third-order valence-electron chi connectivity index (χ3n) is 5.16. The molecule has 0 spiro atoms. The van der Waals surface area contributed by atoms with Crippen LogP contribution in [0.4, 0.5) is 0 Å². The topological polar surface area (TPSA) is 78.3 Å². The molecule has 168 valence electrons. The molecule has 1 heterocycles. The summed E-state index contributed by atoms with van der Waals surface area (Å²) in [5.41, 5.74) is 2.40. The summed E-state index contributed by atoms with van der Waals surface area (Å²) in [6.45, 7) is 1.88. The molecule has 6 nitrogen and oxygen atoms in total. The second-order valence-electron chi connectivity index (χ2n) is 7.44. The van der Waals surface area contributed by atoms with Gasteiger partial charge in [-0.3, -0.25) is 9.36 Å². The van der Waals surface area contributed by atoms with Gasteiger partial charge in [0.15, 0.2) is 5.03 Å². The molecule has 4 aromatic rings. The standard InChI is InChI=1S/C25H21ClN2O4S/c1-17-11-13-21(14-12-17)33(30,31)25-22(16-23(29)32-2)28(20-10-6-9-19(26)15-20)24(27-25)18-7-4-3-5-8-18/h3-15H,16H2,1-2H3. The fourth-order valence-corrected chi connectivity index (χ4v) is 5.10. The number of esters is 1. The van der Waals surface area contributed by atoms with E-state index < -0.39 is 15.8 Å². The molecule has 0 radical (unpaired) electrons. The highest BCUT2D eigenvalue weighted by Gasteiger charge is 2.31. The lowest BCUT2D eigenvalue weighted by atomic mass is 10.2. The van der Waals surface area contributed by atoms with Gasteiger partial charge in [0.05, 0.1) is 24.1 Å². The lowest BCUT2D eigenvalue weighted by Crippen LogP contribution is -2.14. The normalized spacial score (nSPS) is 11.4. The van der Waals surface area contributed by atoms with E-state index in [2.05, 4.69) is 4.98 Å². The number of benzene rings is 3. The molecule has 0 bridgehead atoms. The second-order valence-corrected chi connectivity index (χ2v) is 9.74. The van der Waals surface area contributed by atoms with Gasteiger partial charge in [-0.15, -0.1) is 0 Å². The predicted octanol–water partition coefficient (Wildman–Crippen LogP) is 5.05. The van der Waals surface area contributed by atoms with Crippen molar-refractivity contribution < 1.29 is 17.9 Å². The molecule has 0 atom stereocenters. The van der Waals surface area contributed by atoms with Gasteiger partial charge in [-0.2, -0.15) is 0 Å². The van der Waals surface area contributed by atoms with Gasteiger partial charge in [0, 0.05) is 16.3 Å². The van der Waals surface area contributed by atoms with Crippen LogP contribution in [0.1, 0.15) is 11.3 Å². The molecule has 0 unspecified atom stereocenters. The van der Waals surface area contributed by atoms with E-state index in [1.54, 1.807) is 41.0 Å². The number of imidazole rings is 1. The van der Waals surface area contributed by atoms with E-state index in [9.17, 15) is 13.2 Å². The Morgan fingerprint density at radius 2 is 1.70 bits per heavy atom. The van der Waals surface area contributed by atoms with E-state index in [-0.39, 0.29) is 22.0 Å². The van der Waals surface area contributed by atoms with Crippen molar-refractivity contribution in [3.05, 3.63) is 95.1 Å². The number of sulfone groups is 1. The highest BCUT2D eigenvalue weighted by Crippen LogP contribution is 2.33. The summed E-state index contributed by atoms with van der Waals surface area (Å²) in [6, 6.07) is 22.6. The molecule has 8 heteroatoms. The lowest BCUT2D eigenvalue weighted by Gasteiger charge is -2.13. The van der Waals surface area contributed by atoms with Crippen LogP contribution >= 0.6 is 11.6 Å². The summed E-state index contributed by atoms with van der Waals surface area (Å²) >= 11 is 6.24. The Morgan fingerprint density at radius 3 is 2.33 bits per heavy atom. The average molecular weight is 481 g/mol. The van der Waals surface area contributed by atoms with Gasteiger partial charge < -0.3 is 4.74 Å². The number of carbonyl (C=O) groups excluding carboxylic acids is 1. The Morgan fingerprint density at radius 1 is 1.00 bits per heavy atom. The first-order valence-electron chi connectivity index (χ1n) is 10.1. The number of hydrogen-bond donors (Lipinski definition) is 0. The number of rotatable bonds is 6. The average Bonchev–Trinajstić information content (AvgIpc) is 3.19. The molecule has 0 aliphatic carbocycles. The summed E-state index contributed by atoms with van der Waals surface area (Å²) in [5, 5.41) is 0.266. The Balaban J connectivity index is 2.06. The van der Waals surface area contributed by atoms with E-state index in [1.165, 1.54) is 19.2 Å². The van der Waals surface area contributed by atoms with Crippen LogP contribution in [0, 0.1) is 6.92 Å². The van der Waals surface area contributed by atoms with Gasteiger partial charge in [0.25, 0.3) is 0 Å². The Kier molecular flexibility index (Phi) is 6.35. The summed E-state index contributed by atoms with van der Waals surface area (Å²) in [7, 11) is -2.78. The molecule has 1 aromatic heterocycles. The van der Waals surface area contributed by atoms with Gasteiger partial charge in [-0.1, -0.05) is 65.7 Å². The number of aryl methyl sites for hydroxylation is 1. The van der Waals surface area contributed by atoms with Crippen molar-refractivity contribution in [1.82, 2.24) is 9.55 Å². The van der Waals surface area contributed by atoms with Gasteiger partial charge in [-0.25, -0.2) is 13.4 Å². The molecule has 0 fully saturated rings. The molecule has 0 saturated carbocycles. The van der Waals surface area contributed by atoms with Crippen LogP contribution in [-0.4, -0.2) is 31.0 Å². The van der Waals surface area contributed by atoms with Crippen molar-refractivity contribution in [3.63, 3.8) is 0 Å². The molecule has 0 saturated heterocycles. The van der Waals surface area contributed by atoms with Crippen molar-refractivity contribution >= 4 is 27.4 Å². The first-order chi connectivity index (χ1) is 15.8. The Labute approximate surface area is 197 Å². The predicted molar refractivity (Wildman–Crippen MR) is 126 cm³/mol. The highest BCUT2D eigenvalue weighted by atomic mass is 35.5. The maximum atomic E-state index is 13.7. The van der Waals surface area contributed by atoms with Crippen LogP contribution in [0.25, 0.3) is 17.1 Å². The van der Waals surface area contributed by atoms with Crippen molar-refractivity contribution in [2.24, 2.45) is 0 Å². The monoisotopic (exact) mass is 480 g/mol. The van der Waals surface area contributed by atoms with Gasteiger partial charge in [-0.05, 0) is 37.3 Å². The van der Waals surface area contributed by atoms with E-state index in [0.29, 0.717) is 22.1 Å². The summed E-state index contributed by atoms with van der Waals surface area (Å²) < 4.78 is 33.9. The van der Waals surface area contributed by atoms with Gasteiger partial charge in [0.1, 0.15) is 5.82 Å². The van der Waals surface area contributed by atoms with Crippen molar-refractivity contribution in [1.29, 1.82) is 0 Å².